The van der Waals surface area contributed by atoms with Gasteiger partial charge in [0.2, 0.25) is 5.89 Å². The van der Waals surface area contributed by atoms with Crippen LogP contribution in [0.25, 0.3) is 0 Å². The van der Waals surface area contributed by atoms with Gasteiger partial charge in [0.25, 0.3) is 5.91 Å². The second-order valence-corrected chi connectivity index (χ2v) is 9.15. The molecule has 1 unspecified atom stereocenters. The van der Waals surface area contributed by atoms with Crippen molar-refractivity contribution < 1.29 is 27.1 Å². The van der Waals surface area contributed by atoms with E-state index < -0.39 is 11.7 Å². The first-order valence-corrected chi connectivity index (χ1v) is 12.6. The Bertz CT molecular complexity index is 1360. The fourth-order valence-corrected chi connectivity index (χ4v) is 4.16. The van der Waals surface area contributed by atoms with Crippen LogP contribution < -0.4 is 10.1 Å². The molecule has 0 fully saturated rings. The SMILES string of the molecule is CCOc1ccc(CN(Cc2cccc(C(F)(F)F)c2)Cc2nc(C(=O)NC(C)c3ccccc3)co2)cc1. The van der Waals surface area contributed by atoms with Crippen molar-refractivity contribution in [3.63, 3.8) is 0 Å². The smallest absolute Gasteiger partial charge is 0.416 e. The highest BCUT2D eigenvalue weighted by molar-refractivity contribution is 5.92. The highest BCUT2D eigenvalue weighted by Gasteiger charge is 2.30. The number of aromatic nitrogens is 1. The number of halogens is 3. The van der Waals surface area contributed by atoms with Crippen LogP contribution >= 0.6 is 0 Å². The number of benzene rings is 3. The summed E-state index contributed by atoms with van der Waals surface area (Å²) in [5, 5.41) is 2.90. The number of oxazole rings is 1. The first-order chi connectivity index (χ1) is 18.7. The maximum atomic E-state index is 13.3. The van der Waals surface area contributed by atoms with E-state index in [4.69, 9.17) is 9.15 Å². The molecule has 0 bridgehead atoms. The molecule has 6 nitrogen and oxygen atoms in total. The predicted octanol–water partition coefficient (Wildman–Crippen LogP) is 6.79. The zero-order chi connectivity index (χ0) is 27.8. The molecule has 3 aromatic carbocycles. The average molecular weight is 538 g/mol. The first kappa shape index (κ1) is 27.9. The van der Waals surface area contributed by atoms with Crippen LogP contribution in [-0.4, -0.2) is 22.4 Å². The second-order valence-electron chi connectivity index (χ2n) is 9.15. The number of carbonyl (C=O) groups is 1. The van der Waals surface area contributed by atoms with Gasteiger partial charge in [-0.25, -0.2) is 4.98 Å². The average Bonchev–Trinajstić information content (AvgIpc) is 3.39. The van der Waals surface area contributed by atoms with Gasteiger partial charge in [-0.15, -0.1) is 0 Å². The molecule has 0 saturated carbocycles. The van der Waals surface area contributed by atoms with Crippen molar-refractivity contribution in [3.8, 4) is 5.75 Å². The topological polar surface area (TPSA) is 67.6 Å². The predicted molar refractivity (Wildman–Crippen MR) is 141 cm³/mol. The normalized spacial score (nSPS) is 12.4. The van der Waals surface area contributed by atoms with Crippen LogP contribution in [0.5, 0.6) is 5.75 Å². The Morgan fingerprint density at radius 1 is 0.974 bits per heavy atom. The molecule has 9 heteroatoms. The Balaban J connectivity index is 1.50. The minimum absolute atomic E-state index is 0.132. The lowest BCUT2D eigenvalue weighted by Crippen LogP contribution is -2.27. The number of alkyl halides is 3. The van der Waals surface area contributed by atoms with E-state index in [1.165, 1.54) is 12.3 Å². The Morgan fingerprint density at radius 2 is 1.69 bits per heavy atom. The van der Waals surface area contributed by atoms with Crippen molar-refractivity contribution in [2.24, 2.45) is 0 Å². The molecule has 1 N–H and O–H groups in total. The molecule has 0 saturated heterocycles. The number of rotatable bonds is 11. The lowest BCUT2D eigenvalue weighted by Gasteiger charge is -2.22. The zero-order valence-corrected chi connectivity index (χ0v) is 21.7. The van der Waals surface area contributed by atoms with E-state index in [2.05, 4.69) is 10.3 Å². The van der Waals surface area contributed by atoms with E-state index in [-0.39, 0.29) is 36.6 Å². The van der Waals surface area contributed by atoms with Gasteiger partial charge < -0.3 is 14.5 Å². The Labute approximate surface area is 225 Å². The molecule has 4 rings (SSSR count). The van der Waals surface area contributed by atoms with Crippen LogP contribution in [0.4, 0.5) is 13.2 Å². The number of hydrogen-bond donors (Lipinski definition) is 1. The number of carbonyl (C=O) groups excluding carboxylic acids is 1. The Morgan fingerprint density at radius 3 is 2.38 bits per heavy atom. The molecule has 0 aliphatic heterocycles. The maximum absolute atomic E-state index is 13.3. The molecule has 204 valence electrons. The Kier molecular flexibility index (Phi) is 9.03. The van der Waals surface area contributed by atoms with Crippen LogP contribution in [0.1, 0.15) is 58.5 Å². The largest absolute Gasteiger partial charge is 0.494 e. The first-order valence-electron chi connectivity index (χ1n) is 12.6. The fraction of sp³-hybridized carbons (Fsp3) is 0.267. The van der Waals surface area contributed by atoms with Crippen molar-refractivity contribution in [3.05, 3.63) is 119 Å². The third-order valence-corrected chi connectivity index (χ3v) is 6.09. The van der Waals surface area contributed by atoms with Gasteiger partial charge >= 0.3 is 6.18 Å². The molecule has 0 aliphatic carbocycles. The number of nitrogens with one attached hydrogen (secondary N) is 1. The number of hydrogen-bond acceptors (Lipinski definition) is 5. The van der Waals surface area contributed by atoms with Crippen LogP contribution in [0.15, 0.2) is 89.5 Å². The summed E-state index contributed by atoms with van der Waals surface area (Å²) < 4.78 is 51.0. The van der Waals surface area contributed by atoms with Crippen molar-refractivity contribution >= 4 is 5.91 Å². The van der Waals surface area contributed by atoms with Gasteiger partial charge in [-0.2, -0.15) is 13.2 Å². The molecule has 1 atom stereocenters. The third kappa shape index (κ3) is 7.94. The summed E-state index contributed by atoms with van der Waals surface area (Å²) >= 11 is 0. The lowest BCUT2D eigenvalue weighted by molar-refractivity contribution is -0.137. The van der Waals surface area contributed by atoms with E-state index in [1.807, 2.05) is 73.3 Å². The number of ether oxygens (including phenoxy) is 1. The van der Waals surface area contributed by atoms with Crippen molar-refractivity contribution in [2.75, 3.05) is 6.61 Å². The Hall–Kier alpha value is -4.11. The minimum Gasteiger partial charge on any atom is -0.494 e. The van der Waals surface area contributed by atoms with Crippen molar-refractivity contribution in [1.29, 1.82) is 0 Å². The maximum Gasteiger partial charge on any atom is 0.416 e. The summed E-state index contributed by atoms with van der Waals surface area (Å²) in [6.45, 7) is 5.14. The summed E-state index contributed by atoms with van der Waals surface area (Å²) in [4.78, 5) is 19.0. The van der Waals surface area contributed by atoms with E-state index in [1.54, 1.807) is 6.07 Å². The molecule has 1 heterocycles. The summed E-state index contributed by atoms with van der Waals surface area (Å²) in [5.41, 5.74) is 1.82. The number of nitrogens with zero attached hydrogens (tertiary/aromatic N) is 2. The van der Waals surface area contributed by atoms with E-state index in [0.717, 1.165) is 29.0 Å². The van der Waals surface area contributed by atoms with Gasteiger partial charge in [0.05, 0.1) is 24.8 Å². The highest BCUT2D eigenvalue weighted by Crippen LogP contribution is 2.30. The van der Waals surface area contributed by atoms with E-state index in [0.29, 0.717) is 18.7 Å². The molecule has 0 spiro atoms. The van der Waals surface area contributed by atoms with Crippen LogP contribution in [0, 0.1) is 0 Å². The quantitative estimate of drug-likeness (QED) is 0.228. The molecular formula is C30H30F3N3O3. The van der Waals surface area contributed by atoms with Crippen molar-refractivity contribution in [2.45, 2.75) is 45.7 Å². The van der Waals surface area contributed by atoms with Crippen molar-refractivity contribution in [1.82, 2.24) is 15.2 Å². The fourth-order valence-electron chi connectivity index (χ4n) is 4.16. The lowest BCUT2D eigenvalue weighted by atomic mass is 10.1. The monoisotopic (exact) mass is 537 g/mol. The zero-order valence-electron chi connectivity index (χ0n) is 21.7. The van der Waals surface area contributed by atoms with Gasteiger partial charge in [-0.3, -0.25) is 9.69 Å². The van der Waals surface area contributed by atoms with Crippen LogP contribution in [-0.2, 0) is 25.8 Å². The third-order valence-electron chi connectivity index (χ3n) is 6.09. The molecular weight excluding hydrogens is 507 g/mol. The van der Waals surface area contributed by atoms with Gasteiger partial charge in [-0.1, -0.05) is 60.7 Å². The van der Waals surface area contributed by atoms with Gasteiger partial charge in [-0.05, 0) is 48.7 Å². The highest BCUT2D eigenvalue weighted by atomic mass is 19.4. The summed E-state index contributed by atoms with van der Waals surface area (Å²) in [6, 6.07) is 22.1. The molecule has 1 aromatic heterocycles. The molecule has 4 aromatic rings. The minimum atomic E-state index is -4.43. The second kappa shape index (κ2) is 12.6. The summed E-state index contributed by atoms with van der Waals surface area (Å²) in [6.07, 6.45) is -3.14. The van der Waals surface area contributed by atoms with Crippen LogP contribution in [0.3, 0.4) is 0 Å². The van der Waals surface area contributed by atoms with Crippen LogP contribution in [0.2, 0.25) is 0 Å². The molecule has 39 heavy (non-hydrogen) atoms. The summed E-state index contributed by atoms with van der Waals surface area (Å²) in [7, 11) is 0. The standard InChI is InChI=1S/C30H30F3N3O3/c1-3-38-26-14-12-22(13-15-26)17-36(18-23-8-7-11-25(16-23)30(31,32)33)19-28-35-27(20-39-28)29(37)34-21(2)24-9-5-4-6-10-24/h4-16,20-21H,3,17-19H2,1-2H3,(H,34,37). The number of amides is 1. The summed E-state index contributed by atoms with van der Waals surface area (Å²) in [5.74, 6) is 0.640. The molecule has 0 radical (unpaired) electrons. The van der Waals surface area contributed by atoms with Gasteiger partial charge in [0.15, 0.2) is 5.69 Å². The molecule has 1 amide bonds. The van der Waals surface area contributed by atoms with E-state index >= 15 is 0 Å². The van der Waals surface area contributed by atoms with Gasteiger partial charge in [0.1, 0.15) is 12.0 Å². The molecule has 0 aliphatic rings. The van der Waals surface area contributed by atoms with Gasteiger partial charge in [0, 0.05) is 13.1 Å². The van der Waals surface area contributed by atoms with E-state index in [9.17, 15) is 18.0 Å².